The van der Waals surface area contributed by atoms with Crippen LogP contribution in [0.5, 0.6) is 0 Å². The van der Waals surface area contributed by atoms with E-state index in [2.05, 4.69) is 23.9 Å². The Morgan fingerprint density at radius 1 is 0.870 bits per heavy atom. The Morgan fingerprint density at radius 2 is 1.35 bits per heavy atom. The van der Waals surface area contributed by atoms with Crippen molar-refractivity contribution in [2.75, 3.05) is 10.0 Å². The van der Waals surface area contributed by atoms with E-state index in [1.807, 2.05) is 45.0 Å². The molecular formula is C18H24N2O2S. The van der Waals surface area contributed by atoms with Crippen molar-refractivity contribution in [3.8, 4) is 0 Å². The third kappa shape index (κ3) is 4.26. The highest BCUT2D eigenvalue weighted by Gasteiger charge is 2.19. The SMILES string of the molecule is Cc1cc(C)c(S(=O)(=O)Nc2ccc(NC(C)C)cc2)c(C)c1. The van der Waals surface area contributed by atoms with Crippen LogP contribution in [0.1, 0.15) is 30.5 Å². The number of rotatable bonds is 5. The second-order valence-electron chi connectivity index (χ2n) is 6.21. The average molecular weight is 332 g/mol. The van der Waals surface area contributed by atoms with Crippen molar-refractivity contribution in [1.82, 2.24) is 0 Å². The Morgan fingerprint density at radius 3 is 1.83 bits per heavy atom. The minimum Gasteiger partial charge on any atom is -0.383 e. The van der Waals surface area contributed by atoms with Crippen LogP contribution in [0, 0.1) is 20.8 Å². The van der Waals surface area contributed by atoms with E-state index in [1.165, 1.54) is 0 Å². The zero-order chi connectivity index (χ0) is 17.2. The zero-order valence-electron chi connectivity index (χ0n) is 14.3. The molecule has 23 heavy (non-hydrogen) atoms. The van der Waals surface area contributed by atoms with Crippen molar-refractivity contribution < 1.29 is 8.42 Å². The number of sulfonamides is 1. The third-order valence-corrected chi connectivity index (χ3v) is 5.15. The second-order valence-corrected chi connectivity index (χ2v) is 7.83. The Bertz CT molecular complexity index is 771. The summed E-state index contributed by atoms with van der Waals surface area (Å²) in [7, 11) is -3.60. The van der Waals surface area contributed by atoms with E-state index < -0.39 is 10.0 Å². The number of benzene rings is 2. The summed E-state index contributed by atoms with van der Waals surface area (Å²) >= 11 is 0. The molecule has 124 valence electrons. The first-order valence-electron chi connectivity index (χ1n) is 7.66. The zero-order valence-corrected chi connectivity index (χ0v) is 15.1. The van der Waals surface area contributed by atoms with E-state index in [0.29, 0.717) is 16.6 Å². The summed E-state index contributed by atoms with van der Waals surface area (Å²) in [4.78, 5) is 0.354. The van der Waals surface area contributed by atoms with Crippen LogP contribution in [0.4, 0.5) is 11.4 Å². The van der Waals surface area contributed by atoms with Gasteiger partial charge in [0, 0.05) is 17.4 Å². The van der Waals surface area contributed by atoms with Gasteiger partial charge in [0.15, 0.2) is 0 Å². The lowest BCUT2D eigenvalue weighted by Gasteiger charge is -2.15. The average Bonchev–Trinajstić information content (AvgIpc) is 2.38. The Balaban J connectivity index is 2.28. The largest absolute Gasteiger partial charge is 0.383 e. The van der Waals surface area contributed by atoms with Gasteiger partial charge in [0.25, 0.3) is 10.0 Å². The van der Waals surface area contributed by atoms with Crippen LogP contribution < -0.4 is 10.0 Å². The fourth-order valence-electron chi connectivity index (χ4n) is 2.76. The maximum atomic E-state index is 12.7. The predicted molar refractivity (Wildman–Crippen MR) is 96.7 cm³/mol. The molecule has 0 saturated carbocycles. The summed E-state index contributed by atoms with van der Waals surface area (Å²) in [5.41, 5.74) is 4.09. The van der Waals surface area contributed by atoms with Crippen molar-refractivity contribution in [3.63, 3.8) is 0 Å². The molecule has 2 aromatic rings. The molecule has 0 fully saturated rings. The highest BCUT2D eigenvalue weighted by atomic mass is 32.2. The molecule has 0 bridgehead atoms. The summed E-state index contributed by atoms with van der Waals surface area (Å²) < 4.78 is 28.0. The summed E-state index contributed by atoms with van der Waals surface area (Å²) in [5.74, 6) is 0. The van der Waals surface area contributed by atoms with Gasteiger partial charge in [0.2, 0.25) is 0 Å². The summed E-state index contributed by atoms with van der Waals surface area (Å²) in [6.07, 6.45) is 0. The summed E-state index contributed by atoms with van der Waals surface area (Å²) in [5, 5.41) is 3.27. The molecule has 0 amide bonds. The van der Waals surface area contributed by atoms with Gasteiger partial charge in [0.05, 0.1) is 4.90 Å². The normalized spacial score (nSPS) is 11.6. The lowest BCUT2D eigenvalue weighted by Crippen LogP contribution is -2.16. The molecule has 0 unspecified atom stereocenters. The fourth-order valence-corrected chi connectivity index (χ4v) is 4.28. The molecule has 4 nitrogen and oxygen atoms in total. The van der Waals surface area contributed by atoms with E-state index in [1.54, 1.807) is 12.1 Å². The van der Waals surface area contributed by atoms with Crippen LogP contribution in [-0.4, -0.2) is 14.5 Å². The van der Waals surface area contributed by atoms with E-state index in [0.717, 1.165) is 22.4 Å². The molecule has 0 spiro atoms. The highest BCUT2D eigenvalue weighted by molar-refractivity contribution is 7.92. The summed E-state index contributed by atoms with van der Waals surface area (Å²) in [6.45, 7) is 9.72. The molecule has 0 atom stereocenters. The van der Waals surface area contributed by atoms with Crippen molar-refractivity contribution in [2.45, 2.75) is 45.6 Å². The first-order valence-corrected chi connectivity index (χ1v) is 9.14. The van der Waals surface area contributed by atoms with Crippen LogP contribution in [0.15, 0.2) is 41.3 Å². The Hall–Kier alpha value is -2.01. The van der Waals surface area contributed by atoms with Gasteiger partial charge in [0.1, 0.15) is 0 Å². The van der Waals surface area contributed by atoms with Gasteiger partial charge in [-0.05, 0) is 70.0 Å². The van der Waals surface area contributed by atoms with Gasteiger partial charge in [-0.2, -0.15) is 0 Å². The number of anilines is 2. The minimum atomic E-state index is -3.60. The molecule has 0 saturated heterocycles. The van der Waals surface area contributed by atoms with Crippen LogP contribution in [0.25, 0.3) is 0 Å². The lowest BCUT2D eigenvalue weighted by molar-refractivity contribution is 0.600. The maximum absolute atomic E-state index is 12.7. The van der Waals surface area contributed by atoms with Gasteiger partial charge in [-0.3, -0.25) is 4.72 Å². The lowest BCUT2D eigenvalue weighted by atomic mass is 10.1. The first-order chi connectivity index (χ1) is 10.7. The molecule has 2 rings (SSSR count). The van der Waals surface area contributed by atoms with Gasteiger partial charge in [-0.15, -0.1) is 0 Å². The van der Waals surface area contributed by atoms with E-state index in [4.69, 9.17) is 0 Å². The number of aryl methyl sites for hydroxylation is 3. The number of nitrogens with one attached hydrogen (secondary N) is 2. The molecule has 5 heteroatoms. The van der Waals surface area contributed by atoms with Crippen molar-refractivity contribution in [1.29, 1.82) is 0 Å². The van der Waals surface area contributed by atoms with E-state index in [-0.39, 0.29) is 0 Å². The smallest absolute Gasteiger partial charge is 0.262 e. The van der Waals surface area contributed by atoms with Crippen molar-refractivity contribution in [2.24, 2.45) is 0 Å². The van der Waals surface area contributed by atoms with Crippen LogP contribution in [0.2, 0.25) is 0 Å². The molecule has 0 aliphatic carbocycles. The molecule has 0 aromatic heterocycles. The molecule has 0 aliphatic heterocycles. The van der Waals surface area contributed by atoms with E-state index >= 15 is 0 Å². The Labute approximate surface area is 139 Å². The standard InChI is InChI=1S/C18H24N2O2S/c1-12(2)19-16-6-8-17(9-7-16)20-23(21,22)18-14(4)10-13(3)11-15(18)5/h6-12,19-20H,1-5H3. The van der Waals surface area contributed by atoms with Gasteiger partial charge < -0.3 is 5.32 Å². The van der Waals surface area contributed by atoms with Crippen molar-refractivity contribution >= 4 is 21.4 Å². The molecule has 0 aliphatic rings. The quantitative estimate of drug-likeness (QED) is 0.861. The van der Waals surface area contributed by atoms with Gasteiger partial charge >= 0.3 is 0 Å². The van der Waals surface area contributed by atoms with Crippen LogP contribution in [0.3, 0.4) is 0 Å². The van der Waals surface area contributed by atoms with Gasteiger partial charge in [-0.1, -0.05) is 17.7 Å². The topological polar surface area (TPSA) is 58.2 Å². The Kier molecular flexibility index (Phi) is 5.00. The number of hydrogen-bond acceptors (Lipinski definition) is 3. The van der Waals surface area contributed by atoms with Crippen LogP contribution >= 0.6 is 0 Å². The maximum Gasteiger partial charge on any atom is 0.262 e. The molecular weight excluding hydrogens is 308 g/mol. The second kappa shape index (κ2) is 6.62. The first kappa shape index (κ1) is 17.3. The van der Waals surface area contributed by atoms with Crippen LogP contribution in [-0.2, 0) is 10.0 Å². The van der Waals surface area contributed by atoms with Crippen molar-refractivity contribution in [3.05, 3.63) is 53.1 Å². The minimum absolute atomic E-state index is 0.329. The molecule has 0 radical (unpaired) electrons. The van der Waals surface area contributed by atoms with Gasteiger partial charge in [-0.25, -0.2) is 8.42 Å². The third-order valence-electron chi connectivity index (χ3n) is 3.47. The fraction of sp³-hybridized carbons (Fsp3) is 0.333. The van der Waals surface area contributed by atoms with E-state index in [9.17, 15) is 8.42 Å². The molecule has 2 N–H and O–H groups in total. The molecule has 0 heterocycles. The molecule has 2 aromatic carbocycles. The predicted octanol–water partition coefficient (Wildman–Crippen LogP) is 4.23. The monoisotopic (exact) mass is 332 g/mol. The highest BCUT2D eigenvalue weighted by Crippen LogP contribution is 2.25. The number of hydrogen-bond donors (Lipinski definition) is 2. The summed E-state index contributed by atoms with van der Waals surface area (Å²) in [6, 6.07) is 11.4.